The van der Waals surface area contributed by atoms with Gasteiger partial charge in [-0.1, -0.05) is 64.9 Å². The standard InChI is InChI=1S/C31H25Cl2N3O6S/c1-4-41-30(38)27-18(3)34-31-35(28(27)20-8-5-17(2)25(14-20)36(39)40)29(37)26(43-31)13-19-6-11-23(12-7-19)42-16-21-9-10-22(32)15-24(21)33/h5-15,28H,4,16H2,1-3H3/b26-13+/t28-/m0/s1. The first-order valence-corrected chi connectivity index (χ1v) is 14.8. The summed E-state index contributed by atoms with van der Waals surface area (Å²) in [6.07, 6.45) is 1.72. The van der Waals surface area contributed by atoms with E-state index in [0.29, 0.717) is 42.0 Å². The van der Waals surface area contributed by atoms with Crippen molar-refractivity contribution < 1.29 is 19.2 Å². The molecule has 0 saturated carbocycles. The lowest BCUT2D eigenvalue weighted by molar-refractivity contribution is -0.385. The number of nitro groups is 1. The van der Waals surface area contributed by atoms with Gasteiger partial charge in [0.2, 0.25) is 0 Å². The van der Waals surface area contributed by atoms with E-state index in [9.17, 15) is 19.7 Å². The Morgan fingerprint density at radius 3 is 2.53 bits per heavy atom. The van der Waals surface area contributed by atoms with Crippen LogP contribution in [0.4, 0.5) is 5.69 Å². The number of esters is 1. The van der Waals surface area contributed by atoms with Crippen LogP contribution in [-0.4, -0.2) is 22.1 Å². The van der Waals surface area contributed by atoms with Crippen molar-refractivity contribution in [2.45, 2.75) is 33.4 Å². The lowest BCUT2D eigenvalue weighted by Crippen LogP contribution is -2.40. The molecule has 43 heavy (non-hydrogen) atoms. The molecule has 1 aromatic heterocycles. The van der Waals surface area contributed by atoms with E-state index in [4.69, 9.17) is 32.7 Å². The Balaban J connectivity index is 1.52. The number of rotatable bonds is 8. The molecule has 220 valence electrons. The Hall–Kier alpha value is -4.25. The smallest absolute Gasteiger partial charge is 0.338 e. The summed E-state index contributed by atoms with van der Waals surface area (Å²) in [6, 6.07) is 16.1. The van der Waals surface area contributed by atoms with Crippen LogP contribution in [0, 0.1) is 17.0 Å². The van der Waals surface area contributed by atoms with Gasteiger partial charge in [0.1, 0.15) is 12.4 Å². The Morgan fingerprint density at radius 1 is 1.12 bits per heavy atom. The highest BCUT2D eigenvalue weighted by Gasteiger charge is 2.34. The molecule has 5 rings (SSSR count). The average Bonchev–Trinajstić information content (AvgIpc) is 3.26. The number of aryl methyl sites for hydroxylation is 1. The number of nitrogens with zero attached hydrogens (tertiary/aromatic N) is 3. The zero-order valence-corrected chi connectivity index (χ0v) is 25.6. The van der Waals surface area contributed by atoms with E-state index in [2.05, 4.69) is 4.99 Å². The molecule has 4 aromatic rings. The fourth-order valence-corrected chi connectivity index (χ4v) is 6.22. The summed E-state index contributed by atoms with van der Waals surface area (Å²) in [5.74, 6) is -0.0259. The van der Waals surface area contributed by atoms with Gasteiger partial charge in [-0.05, 0) is 62.2 Å². The van der Waals surface area contributed by atoms with Gasteiger partial charge < -0.3 is 9.47 Å². The monoisotopic (exact) mass is 637 g/mol. The van der Waals surface area contributed by atoms with E-state index in [1.165, 1.54) is 22.0 Å². The van der Waals surface area contributed by atoms with Gasteiger partial charge in [0.05, 0.1) is 33.4 Å². The van der Waals surface area contributed by atoms with Gasteiger partial charge in [-0.15, -0.1) is 0 Å². The molecule has 0 unspecified atom stereocenters. The number of hydrogen-bond acceptors (Lipinski definition) is 8. The Morgan fingerprint density at radius 2 is 1.86 bits per heavy atom. The van der Waals surface area contributed by atoms with Gasteiger partial charge in [0.25, 0.3) is 11.2 Å². The quantitative estimate of drug-likeness (QED) is 0.135. The molecule has 0 N–H and O–H groups in total. The van der Waals surface area contributed by atoms with Gasteiger partial charge in [0, 0.05) is 27.2 Å². The second kappa shape index (κ2) is 12.5. The first-order valence-electron chi connectivity index (χ1n) is 13.2. The van der Waals surface area contributed by atoms with Crippen molar-refractivity contribution in [2.24, 2.45) is 4.99 Å². The van der Waals surface area contributed by atoms with E-state index in [0.717, 1.165) is 11.1 Å². The SMILES string of the molecule is CCOC(=O)C1=C(C)N=c2s/c(=C/c3ccc(OCc4ccc(Cl)cc4Cl)cc3)c(=O)n2[C@H]1c1ccc(C)c([N+](=O)[O-])c1. The van der Waals surface area contributed by atoms with Crippen LogP contribution in [0.5, 0.6) is 5.75 Å². The van der Waals surface area contributed by atoms with E-state index >= 15 is 0 Å². The second-order valence-electron chi connectivity index (χ2n) is 9.70. The molecule has 9 nitrogen and oxygen atoms in total. The number of fused-ring (bicyclic) bond motifs is 1. The fraction of sp³-hybridized carbons (Fsp3) is 0.194. The summed E-state index contributed by atoms with van der Waals surface area (Å²) in [7, 11) is 0. The zero-order chi connectivity index (χ0) is 30.8. The summed E-state index contributed by atoms with van der Waals surface area (Å²) >= 11 is 13.4. The number of halogens is 2. The highest BCUT2D eigenvalue weighted by Crippen LogP contribution is 2.33. The molecule has 0 radical (unpaired) electrons. The molecule has 2 heterocycles. The number of thiazole rings is 1. The molecule has 0 saturated heterocycles. The van der Waals surface area contributed by atoms with Crippen molar-refractivity contribution in [1.82, 2.24) is 4.57 Å². The van der Waals surface area contributed by atoms with Crippen LogP contribution in [-0.2, 0) is 16.1 Å². The number of carbonyl (C=O) groups is 1. The zero-order valence-electron chi connectivity index (χ0n) is 23.3. The number of benzene rings is 3. The van der Waals surface area contributed by atoms with Crippen LogP contribution < -0.4 is 19.6 Å². The average molecular weight is 639 g/mol. The molecule has 0 spiro atoms. The normalized spacial score (nSPS) is 14.7. The minimum absolute atomic E-state index is 0.113. The number of hydrogen-bond donors (Lipinski definition) is 0. The second-order valence-corrected chi connectivity index (χ2v) is 11.6. The molecule has 0 aliphatic carbocycles. The lowest BCUT2D eigenvalue weighted by atomic mass is 9.94. The summed E-state index contributed by atoms with van der Waals surface area (Å²) in [5, 5.41) is 12.8. The van der Waals surface area contributed by atoms with Crippen LogP contribution in [0.15, 0.2) is 81.7 Å². The third-order valence-corrected chi connectivity index (χ3v) is 8.42. The first kappa shape index (κ1) is 30.2. The maximum absolute atomic E-state index is 13.8. The van der Waals surface area contributed by atoms with Crippen LogP contribution in [0.1, 0.15) is 42.1 Å². The maximum Gasteiger partial charge on any atom is 0.338 e. The van der Waals surface area contributed by atoms with Crippen LogP contribution in [0.3, 0.4) is 0 Å². The van der Waals surface area contributed by atoms with Gasteiger partial charge in [0.15, 0.2) is 4.80 Å². The first-order chi connectivity index (χ1) is 20.6. The van der Waals surface area contributed by atoms with Gasteiger partial charge >= 0.3 is 5.97 Å². The molecule has 1 aliphatic heterocycles. The highest BCUT2D eigenvalue weighted by atomic mass is 35.5. The van der Waals surface area contributed by atoms with Crippen LogP contribution in [0.25, 0.3) is 6.08 Å². The van der Waals surface area contributed by atoms with Crippen molar-refractivity contribution in [3.8, 4) is 5.75 Å². The Labute approximate surface area is 260 Å². The van der Waals surface area contributed by atoms with E-state index in [-0.39, 0.29) is 30.0 Å². The number of carbonyl (C=O) groups excluding carboxylic acids is 1. The maximum atomic E-state index is 13.8. The van der Waals surface area contributed by atoms with E-state index in [1.54, 1.807) is 69.3 Å². The van der Waals surface area contributed by atoms with Crippen molar-refractivity contribution in [3.05, 3.63) is 134 Å². The minimum atomic E-state index is -0.952. The van der Waals surface area contributed by atoms with Gasteiger partial charge in [-0.25, -0.2) is 9.79 Å². The highest BCUT2D eigenvalue weighted by molar-refractivity contribution is 7.07. The largest absolute Gasteiger partial charge is 0.489 e. The molecule has 0 amide bonds. The molecular formula is C31H25Cl2N3O6S. The summed E-state index contributed by atoms with van der Waals surface area (Å²) < 4.78 is 12.9. The summed E-state index contributed by atoms with van der Waals surface area (Å²) in [6.45, 7) is 5.34. The van der Waals surface area contributed by atoms with Crippen molar-refractivity contribution in [1.29, 1.82) is 0 Å². The Bertz CT molecular complexity index is 1960. The molecule has 1 aliphatic rings. The topological polar surface area (TPSA) is 113 Å². The third kappa shape index (κ3) is 6.27. The van der Waals surface area contributed by atoms with Crippen molar-refractivity contribution in [3.63, 3.8) is 0 Å². The molecule has 3 aromatic carbocycles. The van der Waals surface area contributed by atoms with Gasteiger partial charge in [-0.3, -0.25) is 19.5 Å². The minimum Gasteiger partial charge on any atom is -0.489 e. The van der Waals surface area contributed by atoms with Crippen LogP contribution in [0.2, 0.25) is 10.0 Å². The fourth-order valence-electron chi connectivity index (χ4n) is 4.71. The summed E-state index contributed by atoms with van der Waals surface area (Å²) in [5.41, 5.74) is 2.44. The Kier molecular flexibility index (Phi) is 8.82. The number of nitro benzene ring substituents is 1. The summed E-state index contributed by atoms with van der Waals surface area (Å²) in [4.78, 5) is 43.1. The molecule has 0 fully saturated rings. The lowest BCUT2D eigenvalue weighted by Gasteiger charge is -2.24. The van der Waals surface area contributed by atoms with E-state index < -0.39 is 16.9 Å². The number of aromatic nitrogens is 1. The number of allylic oxidation sites excluding steroid dienone is 1. The number of ether oxygens (including phenoxy) is 2. The predicted molar refractivity (Wildman–Crippen MR) is 165 cm³/mol. The van der Waals surface area contributed by atoms with Crippen molar-refractivity contribution in [2.75, 3.05) is 6.61 Å². The van der Waals surface area contributed by atoms with E-state index in [1.807, 2.05) is 12.1 Å². The molecule has 12 heteroatoms. The molecule has 1 atom stereocenters. The molecule has 0 bridgehead atoms. The van der Waals surface area contributed by atoms with Crippen LogP contribution >= 0.6 is 34.5 Å². The molecular weight excluding hydrogens is 613 g/mol. The third-order valence-electron chi connectivity index (χ3n) is 6.85. The van der Waals surface area contributed by atoms with Gasteiger partial charge in [-0.2, -0.15) is 0 Å². The predicted octanol–water partition coefficient (Wildman–Crippen LogP) is 5.90. The van der Waals surface area contributed by atoms with Crippen molar-refractivity contribution >= 4 is 52.3 Å².